The Hall–Kier alpha value is 0.0300. The average molecular weight is 277 g/mol. The van der Waals surface area contributed by atoms with Crippen molar-refractivity contribution in [3.05, 3.63) is 15.0 Å². The molecule has 0 amide bonds. The Kier molecular flexibility index (Phi) is 3.92. The van der Waals surface area contributed by atoms with E-state index in [2.05, 4.69) is 26.2 Å². The number of rotatable bonds is 3. The molecule has 3 nitrogen and oxygen atoms in total. The fraction of sp³-hybridized carbons (Fsp3) is 0.667. The smallest absolute Gasteiger partial charge is 0.117 e. The van der Waals surface area contributed by atoms with Gasteiger partial charge in [0.05, 0.1) is 0 Å². The van der Waals surface area contributed by atoms with Gasteiger partial charge >= 0.3 is 0 Å². The predicted octanol–water partition coefficient (Wildman–Crippen LogP) is 2.17. The molecule has 2 heterocycles. The number of nitrogens with zero attached hydrogens (tertiary/aromatic N) is 1. The van der Waals surface area contributed by atoms with E-state index in [1.807, 2.05) is 5.38 Å². The van der Waals surface area contributed by atoms with E-state index in [9.17, 15) is 0 Å². The zero-order chi connectivity index (χ0) is 9.80. The maximum Gasteiger partial charge on any atom is 0.117 e. The maximum atomic E-state index is 5.30. The van der Waals surface area contributed by atoms with Crippen LogP contribution < -0.4 is 5.32 Å². The third-order valence-corrected chi connectivity index (χ3v) is 3.85. The number of hydrogen-bond acceptors (Lipinski definition) is 4. The Morgan fingerprint density at radius 3 is 3.00 bits per heavy atom. The van der Waals surface area contributed by atoms with Gasteiger partial charge in [0.25, 0.3) is 0 Å². The van der Waals surface area contributed by atoms with Crippen LogP contribution in [0.4, 0.5) is 0 Å². The first-order chi connectivity index (χ1) is 6.84. The summed E-state index contributed by atoms with van der Waals surface area (Å²) in [5, 5.41) is 6.66. The molecule has 1 aliphatic rings. The molecule has 0 saturated carbocycles. The van der Waals surface area contributed by atoms with Crippen LogP contribution in [0.2, 0.25) is 0 Å². The van der Waals surface area contributed by atoms with Gasteiger partial charge in [-0.15, -0.1) is 11.3 Å². The van der Waals surface area contributed by atoms with Gasteiger partial charge in [-0.3, -0.25) is 0 Å². The second kappa shape index (κ2) is 5.21. The molecular weight excluding hydrogens is 264 g/mol. The lowest BCUT2D eigenvalue weighted by atomic mass is 10.1. The molecule has 1 aromatic rings. The first kappa shape index (κ1) is 10.5. The van der Waals surface area contributed by atoms with Gasteiger partial charge in [0.1, 0.15) is 9.61 Å². The van der Waals surface area contributed by atoms with E-state index in [4.69, 9.17) is 4.74 Å². The summed E-state index contributed by atoms with van der Waals surface area (Å²) in [4.78, 5) is 4.34. The minimum Gasteiger partial charge on any atom is -0.381 e. The van der Waals surface area contributed by atoms with Gasteiger partial charge in [-0.25, -0.2) is 4.98 Å². The van der Waals surface area contributed by atoms with Gasteiger partial charge in [-0.05, 0) is 28.8 Å². The van der Waals surface area contributed by atoms with Crippen LogP contribution in [0.25, 0.3) is 0 Å². The highest BCUT2D eigenvalue weighted by atomic mass is 79.9. The van der Waals surface area contributed by atoms with Crippen molar-refractivity contribution in [2.75, 3.05) is 13.2 Å². The summed E-state index contributed by atoms with van der Waals surface area (Å²) in [6.45, 7) is 2.65. The van der Waals surface area contributed by atoms with Crippen LogP contribution in [-0.2, 0) is 11.3 Å². The van der Waals surface area contributed by atoms with Crippen LogP contribution in [0.1, 0.15) is 17.8 Å². The summed E-state index contributed by atoms with van der Waals surface area (Å²) in [5.41, 5.74) is 0. The van der Waals surface area contributed by atoms with Gasteiger partial charge in [-0.2, -0.15) is 0 Å². The Morgan fingerprint density at radius 1 is 1.57 bits per heavy atom. The summed E-state index contributed by atoms with van der Waals surface area (Å²) in [7, 11) is 0. The fourth-order valence-corrected chi connectivity index (χ4v) is 2.72. The molecule has 0 bridgehead atoms. The Labute approximate surface area is 96.0 Å². The molecule has 0 radical (unpaired) electrons. The molecule has 1 aromatic heterocycles. The molecule has 0 atom stereocenters. The maximum absolute atomic E-state index is 5.30. The van der Waals surface area contributed by atoms with Crippen molar-refractivity contribution in [1.82, 2.24) is 10.3 Å². The van der Waals surface area contributed by atoms with Crippen LogP contribution in [0, 0.1) is 0 Å². The van der Waals surface area contributed by atoms with Crippen LogP contribution in [0.5, 0.6) is 0 Å². The Morgan fingerprint density at radius 2 is 2.36 bits per heavy atom. The van der Waals surface area contributed by atoms with E-state index >= 15 is 0 Å². The van der Waals surface area contributed by atoms with Gasteiger partial charge in [0.15, 0.2) is 0 Å². The van der Waals surface area contributed by atoms with E-state index in [1.165, 1.54) is 0 Å². The molecule has 78 valence electrons. The molecular formula is C9H13BrN2OS. The average Bonchev–Trinajstić information content (AvgIpc) is 2.63. The molecule has 1 aliphatic heterocycles. The zero-order valence-corrected chi connectivity index (χ0v) is 10.2. The summed E-state index contributed by atoms with van der Waals surface area (Å²) in [5.74, 6) is 0. The lowest BCUT2D eigenvalue weighted by Gasteiger charge is -2.22. The lowest BCUT2D eigenvalue weighted by Crippen LogP contribution is -2.34. The molecule has 0 aromatic carbocycles. The van der Waals surface area contributed by atoms with Crippen molar-refractivity contribution >= 4 is 27.3 Å². The van der Waals surface area contributed by atoms with Crippen molar-refractivity contribution < 1.29 is 4.74 Å². The van der Waals surface area contributed by atoms with E-state index in [0.29, 0.717) is 6.04 Å². The molecule has 1 fully saturated rings. The van der Waals surface area contributed by atoms with Crippen LogP contribution >= 0.6 is 27.3 Å². The van der Waals surface area contributed by atoms with E-state index < -0.39 is 0 Å². The zero-order valence-electron chi connectivity index (χ0n) is 7.83. The highest BCUT2D eigenvalue weighted by Gasteiger charge is 2.13. The summed E-state index contributed by atoms with van der Waals surface area (Å²) >= 11 is 5.04. The highest BCUT2D eigenvalue weighted by Crippen LogP contribution is 2.15. The van der Waals surface area contributed by atoms with E-state index in [1.54, 1.807) is 11.3 Å². The Bertz CT molecular complexity index is 286. The third-order valence-electron chi connectivity index (χ3n) is 2.29. The van der Waals surface area contributed by atoms with Gasteiger partial charge in [-0.1, -0.05) is 0 Å². The van der Waals surface area contributed by atoms with E-state index in [0.717, 1.165) is 42.2 Å². The molecule has 0 aliphatic carbocycles. The minimum atomic E-state index is 0.603. The van der Waals surface area contributed by atoms with Crippen molar-refractivity contribution in [3.63, 3.8) is 0 Å². The van der Waals surface area contributed by atoms with Crippen LogP contribution in [0.3, 0.4) is 0 Å². The summed E-state index contributed by atoms with van der Waals surface area (Å²) < 4.78 is 6.23. The fourth-order valence-electron chi connectivity index (χ4n) is 1.50. The SMILES string of the molecule is Brc1csc(CNC2CCOCC2)n1. The molecule has 1 saturated heterocycles. The number of hydrogen-bond donors (Lipinski definition) is 1. The third kappa shape index (κ3) is 3.02. The number of thiazole rings is 1. The molecule has 0 spiro atoms. The van der Waals surface area contributed by atoms with E-state index in [-0.39, 0.29) is 0 Å². The Balaban J connectivity index is 1.76. The number of nitrogens with one attached hydrogen (secondary N) is 1. The number of ether oxygens (including phenoxy) is 1. The minimum absolute atomic E-state index is 0.603. The van der Waals surface area contributed by atoms with Crippen LogP contribution in [-0.4, -0.2) is 24.2 Å². The van der Waals surface area contributed by atoms with Crippen molar-refractivity contribution in [2.24, 2.45) is 0 Å². The predicted molar refractivity (Wildman–Crippen MR) is 60.5 cm³/mol. The first-order valence-electron chi connectivity index (χ1n) is 4.75. The summed E-state index contributed by atoms with van der Waals surface area (Å²) in [6, 6.07) is 0.603. The quantitative estimate of drug-likeness (QED) is 0.919. The molecule has 2 rings (SSSR count). The van der Waals surface area contributed by atoms with Crippen molar-refractivity contribution in [3.8, 4) is 0 Å². The normalized spacial score (nSPS) is 18.6. The van der Waals surface area contributed by atoms with Gasteiger partial charge < -0.3 is 10.1 Å². The molecule has 5 heteroatoms. The standard InChI is InChI=1S/C9H13BrN2OS/c10-8-6-14-9(12-8)5-11-7-1-3-13-4-2-7/h6-7,11H,1-5H2. The number of halogens is 1. The summed E-state index contributed by atoms with van der Waals surface area (Å²) in [6.07, 6.45) is 2.24. The van der Waals surface area contributed by atoms with Gasteiger partial charge in [0.2, 0.25) is 0 Å². The monoisotopic (exact) mass is 276 g/mol. The topological polar surface area (TPSA) is 34.1 Å². The van der Waals surface area contributed by atoms with Crippen molar-refractivity contribution in [2.45, 2.75) is 25.4 Å². The molecule has 0 unspecified atom stereocenters. The van der Waals surface area contributed by atoms with Crippen molar-refractivity contribution in [1.29, 1.82) is 0 Å². The van der Waals surface area contributed by atoms with Gasteiger partial charge in [0, 0.05) is 31.2 Å². The highest BCUT2D eigenvalue weighted by molar-refractivity contribution is 9.10. The first-order valence-corrected chi connectivity index (χ1v) is 6.43. The lowest BCUT2D eigenvalue weighted by molar-refractivity contribution is 0.0776. The second-order valence-corrected chi connectivity index (χ2v) is 5.09. The van der Waals surface area contributed by atoms with Crippen LogP contribution in [0.15, 0.2) is 9.98 Å². The molecule has 1 N–H and O–H groups in total. The second-order valence-electron chi connectivity index (χ2n) is 3.33. The molecule has 14 heavy (non-hydrogen) atoms. The largest absolute Gasteiger partial charge is 0.381 e. The number of aromatic nitrogens is 1.